The Balaban J connectivity index is 3.23. The zero-order valence-corrected chi connectivity index (χ0v) is 9.18. The average Bonchev–Trinajstić information content (AvgIpc) is 2.26. The minimum absolute atomic E-state index is 0.311. The maximum Gasteiger partial charge on any atom is 0.249 e. The Morgan fingerprint density at radius 2 is 2.12 bits per heavy atom. The zero-order chi connectivity index (χ0) is 12.1. The monoisotopic (exact) mass is 217 g/mol. The summed E-state index contributed by atoms with van der Waals surface area (Å²) in [6, 6.07) is 7.37. The van der Waals surface area contributed by atoms with Gasteiger partial charge in [0, 0.05) is 5.57 Å². The standard InChI is InChI=1S/C13H15NO2/c1-3-10(15)8-12(13(14)16)11-7-5-4-6-9(11)2/h3-8,10,15H,1H2,2H3,(H2,14,16)/b12-8+. The molecule has 1 amide bonds. The smallest absolute Gasteiger partial charge is 0.249 e. The van der Waals surface area contributed by atoms with Gasteiger partial charge in [-0.25, -0.2) is 0 Å². The number of rotatable bonds is 4. The summed E-state index contributed by atoms with van der Waals surface area (Å²) in [5.74, 6) is -0.560. The van der Waals surface area contributed by atoms with Crippen molar-refractivity contribution in [1.82, 2.24) is 0 Å². The van der Waals surface area contributed by atoms with Crippen molar-refractivity contribution in [1.29, 1.82) is 0 Å². The predicted octanol–water partition coefficient (Wildman–Crippen LogP) is 1.41. The first-order chi connectivity index (χ1) is 7.56. The van der Waals surface area contributed by atoms with Crippen LogP contribution in [0.3, 0.4) is 0 Å². The highest BCUT2D eigenvalue weighted by atomic mass is 16.3. The van der Waals surface area contributed by atoms with Gasteiger partial charge in [-0.05, 0) is 24.1 Å². The summed E-state index contributed by atoms with van der Waals surface area (Å²) in [4.78, 5) is 11.3. The molecule has 3 N–H and O–H groups in total. The number of nitrogens with two attached hydrogens (primary N) is 1. The van der Waals surface area contributed by atoms with Gasteiger partial charge in [0.05, 0.1) is 6.10 Å². The lowest BCUT2D eigenvalue weighted by atomic mass is 9.99. The van der Waals surface area contributed by atoms with Crippen LogP contribution in [0.1, 0.15) is 11.1 Å². The second-order valence-electron chi connectivity index (χ2n) is 3.49. The van der Waals surface area contributed by atoms with Crippen LogP contribution >= 0.6 is 0 Å². The van der Waals surface area contributed by atoms with E-state index in [0.29, 0.717) is 5.57 Å². The molecule has 84 valence electrons. The van der Waals surface area contributed by atoms with Gasteiger partial charge in [0.1, 0.15) is 0 Å². The average molecular weight is 217 g/mol. The minimum atomic E-state index is -0.873. The molecule has 0 radical (unpaired) electrons. The molecule has 0 spiro atoms. The Morgan fingerprint density at radius 3 is 2.62 bits per heavy atom. The van der Waals surface area contributed by atoms with Gasteiger partial charge in [-0.1, -0.05) is 30.3 Å². The van der Waals surface area contributed by atoms with Crippen LogP contribution in [0, 0.1) is 6.92 Å². The number of carbonyl (C=O) groups excluding carboxylic acids is 1. The molecule has 0 aromatic heterocycles. The van der Waals surface area contributed by atoms with Gasteiger partial charge in [-0.3, -0.25) is 4.79 Å². The number of hydrogen-bond acceptors (Lipinski definition) is 2. The van der Waals surface area contributed by atoms with Crippen molar-refractivity contribution in [2.75, 3.05) is 0 Å². The molecule has 0 bridgehead atoms. The van der Waals surface area contributed by atoms with Crippen molar-refractivity contribution >= 4 is 11.5 Å². The van der Waals surface area contributed by atoms with Crippen molar-refractivity contribution in [3.63, 3.8) is 0 Å². The normalized spacial score (nSPS) is 13.2. The van der Waals surface area contributed by atoms with E-state index < -0.39 is 12.0 Å². The molecule has 1 rings (SSSR count). The summed E-state index contributed by atoms with van der Waals surface area (Å²) < 4.78 is 0. The van der Waals surface area contributed by atoms with Crippen LogP contribution in [0.5, 0.6) is 0 Å². The van der Waals surface area contributed by atoms with Gasteiger partial charge in [0.25, 0.3) is 0 Å². The molecule has 16 heavy (non-hydrogen) atoms. The maximum absolute atomic E-state index is 11.3. The van der Waals surface area contributed by atoms with Crippen molar-refractivity contribution in [3.05, 3.63) is 54.1 Å². The van der Waals surface area contributed by atoms with Gasteiger partial charge in [-0.2, -0.15) is 0 Å². The summed E-state index contributed by atoms with van der Waals surface area (Å²) >= 11 is 0. The summed E-state index contributed by atoms with van der Waals surface area (Å²) in [5.41, 5.74) is 7.27. The van der Waals surface area contributed by atoms with Gasteiger partial charge in [0.15, 0.2) is 0 Å². The Kier molecular flexibility index (Phi) is 4.03. The number of carbonyl (C=O) groups is 1. The zero-order valence-electron chi connectivity index (χ0n) is 9.18. The lowest BCUT2D eigenvalue weighted by Crippen LogP contribution is -2.15. The molecule has 3 heteroatoms. The molecule has 1 aromatic carbocycles. The van der Waals surface area contributed by atoms with Crippen LogP contribution in [0.15, 0.2) is 43.0 Å². The Morgan fingerprint density at radius 1 is 1.50 bits per heavy atom. The fourth-order valence-corrected chi connectivity index (χ4v) is 1.42. The van der Waals surface area contributed by atoms with E-state index in [1.165, 1.54) is 12.2 Å². The number of aliphatic hydroxyl groups excluding tert-OH is 1. The largest absolute Gasteiger partial charge is 0.385 e. The summed E-state index contributed by atoms with van der Waals surface area (Å²) in [5, 5.41) is 9.43. The molecule has 0 aliphatic carbocycles. The van der Waals surface area contributed by atoms with E-state index in [2.05, 4.69) is 6.58 Å². The highest BCUT2D eigenvalue weighted by molar-refractivity contribution is 6.19. The van der Waals surface area contributed by atoms with E-state index in [-0.39, 0.29) is 0 Å². The summed E-state index contributed by atoms with van der Waals surface area (Å²) in [7, 11) is 0. The topological polar surface area (TPSA) is 63.3 Å². The third-order valence-corrected chi connectivity index (χ3v) is 2.28. The number of aryl methyl sites for hydroxylation is 1. The van der Waals surface area contributed by atoms with Gasteiger partial charge < -0.3 is 10.8 Å². The van der Waals surface area contributed by atoms with E-state index in [4.69, 9.17) is 5.73 Å². The molecule has 3 nitrogen and oxygen atoms in total. The van der Waals surface area contributed by atoms with E-state index in [1.807, 2.05) is 25.1 Å². The fourth-order valence-electron chi connectivity index (χ4n) is 1.42. The third-order valence-electron chi connectivity index (χ3n) is 2.28. The summed E-state index contributed by atoms with van der Waals surface area (Å²) in [6.07, 6.45) is 1.86. The number of hydrogen-bond donors (Lipinski definition) is 2. The van der Waals surface area contributed by atoms with Crippen LogP contribution in [0.4, 0.5) is 0 Å². The quantitative estimate of drug-likeness (QED) is 0.591. The molecule has 0 aliphatic rings. The van der Waals surface area contributed by atoms with Crippen molar-refractivity contribution in [2.45, 2.75) is 13.0 Å². The van der Waals surface area contributed by atoms with E-state index in [9.17, 15) is 9.90 Å². The molecular weight excluding hydrogens is 202 g/mol. The number of amides is 1. The van der Waals surface area contributed by atoms with E-state index >= 15 is 0 Å². The fraction of sp³-hybridized carbons (Fsp3) is 0.154. The first-order valence-corrected chi connectivity index (χ1v) is 4.94. The maximum atomic E-state index is 11.3. The molecule has 0 heterocycles. The minimum Gasteiger partial charge on any atom is -0.385 e. The van der Waals surface area contributed by atoms with Crippen LogP contribution < -0.4 is 5.73 Å². The first kappa shape index (κ1) is 12.2. The first-order valence-electron chi connectivity index (χ1n) is 4.94. The van der Waals surface area contributed by atoms with Crippen molar-refractivity contribution in [3.8, 4) is 0 Å². The highest BCUT2D eigenvalue weighted by Crippen LogP contribution is 2.19. The van der Waals surface area contributed by atoms with Gasteiger partial charge >= 0.3 is 0 Å². The highest BCUT2D eigenvalue weighted by Gasteiger charge is 2.11. The van der Waals surface area contributed by atoms with Crippen molar-refractivity contribution < 1.29 is 9.90 Å². The number of aliphatic hydroxyl groups is 1. The third kappa shape index (κ3) is 2.81. The SMILES string of the molecule is C=CC(O)/C=C(/C(N)=O)c1ccccc1C. The molecular formula is C13H15NO2. The number of benzene rings is 1. The lowest BCUT2D eigenvalue weighted by Gasteiger charge is -2.08. The summed E-state index contributed by atoms with van der Waals surface area (Å²) in [6.45, 7) is 5.32. The van der Waals surface area contributed by atoms with Crippen LogP contribution in [0.25, 0.3) is 5.57 Å². The predicted molar refractivity (Wildman–Crippen MR) is 64.6 cm³/mol. The van der Waals surface area contributed by atoms with E-state index in [0.717, 1.165) is 11.1 Å². The van der Waals surface area contributed by atoms with E-state index in [1.54, 1.807) is 6.07 Å². The molecule has 1 unspecified atom stereocenters. The second kappa shape index (κ2) is 5.28. The van der Waals surface area contributed by atoms with Crippen LogP contribution in [0.2, 0.25) is 0 Å². The Hall–Kier alpha value is -1.87. The molecule has 1 atom stereocenters. The van der Waals surface area contributed by atoms with Crippen LogP contribution in [-0.2, 0) is 4.79 Å². The Labute approximate surface area is 94.9 Å². The second-order valence-corrected chi connectivity index (χ2v) is 3.49. The molecule has 0 saturated carbocycles. The molecule has 0 saturated heterocycles. The lowest BCUT2D eigenvalue weighted by molar-refractivity contribution is -0.112. The van der Waals surface area contributed by atoms with Crippen molar-refractivity contribution in [2.24, 2.45) is 5.73 Å². The number of primary amides is 1. The molecule has 0 fully saturated rings. The van der Waals surface area contributed by atoms with Gasteiger partial charge in [-0.15, -0.1) is 6.58 Å². The molecule has 0 aliphatic heterocycles. The van der Waals surface area contributed by atoms with Gasteiger partial charge in [0.2, 0.25) is 5.91 Å². The molecule has 1 aromatic rings. The Bertz CT molecular complexity index is 435. The van der Waals surface area contributed by atoms with Crippen LogP contribution in [-0.4, -0.2) is 17.1 Å².